The Labute approximate surface area is 99.3 Å². The number of hydrogen-bond acceptors (Lipinski definition) is 0. The van der Waals surface area contributed by atoms with Gasteiger partial charge in [0, 0.05) is 0 Å². The van der Waals surface area contributed by atoms with Crippen molar-refractivity contribution in [3.05, 3.63) is 47.7 Å². The molecule has 0 aromatic heterocycles. The van der Waals surface area contributed by atoms with Gasteiger partial charge in [-0.15, -0.1) is 23.9 Å². The van der Waals surface area contributed by atoms with Crippen molar-refractivity contribution in [3.63, 3.8) is 0 Å². The van der Waals surface area contributed by atoms with E-state index in [1.807, 2.05) is 6.55 Å². The summed E-state index contributed by atoms with van der Waals surface area (Å²) >= 11 is 6.10. The van der Waals surface area contributed by atoms with Crippen LogP contribution in [0, 0.1) is 0 Å². The average Bonchev–Trinajstić information content (AvgIpc) is 2.26. The van der Waals surface area contributed by atoms with Crippen LogP contribution in [0.15, 0.2) is 36.5 Å². The van der Waals surface area contributed by atoms with Crippen molar-refractivity contribution in [2.45, 2.75) is 17.7 Å². The van der Waals surface area contributed by atoms with Gasteiger partial charge in [0.1, 0.15) is 0 Å². The van der Waals surface area contributed by atoms with Crippen molar-refractivity contribution in [3.8, 4) is 0 Å². The topological polar surface area (TPSA) is 0 Å². The van der Waals surface area contributed by atoms with Crippen LogP contribution in [0.4, 0.5) is 13.2 Å². The highest BCUT2D eigenvalue weighted by atomic mass is 35.5. The first kappa shape index (κ1) is 13.3. The summed E-state index contributed by atoms with van der Waals surface area (Å²) in [7, 11) is -1.41. The molecule has 5 heteroatoms. The van der Waals surface area contributed by atoms with Crippen LogP contribution in [-0.4, -0.2) is 8.80 Å². The molecule has 0 aliphatic heterocycles. The predicted molar refractivity (Wildman–Crippen MR) is 63.2 cm³/mol. The molecule has 16 heavy (non-hydrogen) atoms. The highest BCUT2D eigenvalue weighted by molar-refractivity contribution is 6.72. The molecule has 0 saturated carbocycles. The smallest absolute Gasteiger partial charge is 0.166 e. The number of benzene rings is 1. The van der Waals surface area contributed by atoms with Gasteiger partial charge >= 0.3 is 6.18 Å². The van der Waals surface area contributed by atoms with Gasteiger partial charge in [-0.1, -0.05) is 24.7 Å². The summed E-state index contributed by atoms with van der Waals surface area (Å²) in [5.41, 5.74) is 1.63. The van der Waals surface area contributed by atoms with E-state index >= 15 is 0 Å². The van der Waals surface area contributed by atoms with E-state index in [0.717, 1.165) is 12.1 Å². The highest BCUT2D eigenvalue weighted by Gasteiger charge is 2.31. The quantitative estimate of drug-likeness (QED) is 0.569. The summed E-state index contributed by atoms with van der Waals surface area (Å²) < 4.78 is 37.4. The van der Waals surface area contributed by atoms with E-state index in [1.54, 1.807) is 11.8 Å². The maximum atomic E-state index is 12.5. The third-order valence-corrected chi connectivity index (χ3v) is 5.86. The van der Waals surface area contributed by atoms with Gasteiger partial charge in [-0.25, -0.2) is 0 Å². The molecule has 1 rings (SSSR count). The second kappa shape index (κ2) is 5.06. The molecular weight excluding hydrogens is 253 g/mol. The Morgan fingerprint density at radius 1 is 1.44 bits per heavy atom. The van der Waals surface area contributed by atoms with E-state index < -0.39 is 20.5 Å². The van der Waals surface area contributed by atoms with Crippen LogP contribution >= 0.6 is 11.6 Å². The predicted octanol–water partition coefficient (Wildman–Crippen LogP) is 4.11. The summed E-state index contributed by atoms with van der Waals surface area (Å²) in [6.07, 6.45) is -4.31. The Balaban J connectivity index is 3.03. The van der Waals surface area contributed by atoms with Gasteiger partial charge in [0.25, 0.3) is 0 Å². The largest absolute Gasteiger partial charge is 0.416 e. The van der Waals surface area contributed by atoms with E-state index in [2.05, 4.69) is 6.58 Å². The van der Waals surface area contributed by atoms with Crippen molar-refractivity contribution in [1.29, 1.82) is 0 Å². The Morgan fingerprint density at radius 3 is 2.56 bits per heavy atom. The fourth-order valence-corrected chi connectivity index (χ4v) is 2.81. The number of hydrogen-bond donors (Lipinski definition) is 0. The summed E-state index contributed by atoms with van der Waals surface area (Å²) in [4.78, 5) is 0. The van der Waals surface area contributed by atoms with Crippen LogP contribution in [0.25, 0.3) is 0 Å². The third kappa shape index (κ3) is 3.12. The van der Waals surface area contributed by atoms with Crippen LogP contribution in [0.3, 0.4) is 0 Å². The van der Waals surface area contributed by atoms with Crippen molar-refractivity contribution >= 4 is 20.4 Å². The summed E-state index contributed by atoms with van der Waals surface area (Å²) in [6, 6.07) is 5.18. The zero-order valence-corrected chi connectivity index (χ0v) is 10.7. The molecule has 2 atom stereocenters. The van der Waals surface area contributed by atoms with E-state index in [1.165, 1.54) is 6.07 Å². The molecule has 1 aromatic rings. The first-order valence-corrected chi connectivity index (χ1v) is 7.72. The normalized spacial score (nSPS) is 15.6. The number of rotatable bonds is 3. The maximum Gasteiger partial charge on any atom is 0.416 e. The van der Waals surface area contributed by atoms with E-state index in [-0.39, 0.29) is 5.00 Å². The van der Waals surface area contributed by atoms with E-state index in [0.29, 0.717) is 5.56 Å². The second-order valence-electron chi connectivity index (χ2n) is 3.62. The summed E-state index contributed by atoms with van der Waals surface area (Å²) in [5, 5.41) is -0.347. The maximum absolute atomic E-state index is 12.5. The van der Waals surface area contributed by atoms with Crippen LogP contribution in [-0.2, 0) is 6.18 Å². The molecule has 0 spiro atoms. The Hall–Kier alpha value is -0.743. The van der Waals surface area contributed by atoms with E-state index in [4.69, 9.17) is 11.6 Å². The van der Waals surface area contributed by atoms with Crippen molar-refractivity contribution in [2.75, 3.05) is 0 Å². The Morgan fingerprint density at radius 2 is 2.06 bits per heavy atom. The number of halogens is 4. The van der Waals surface area contributed by atoms with Crippen molar-refractivity contribution in [1.82, 2.24) is 0 Å². The van der Waals surface area contributed by atoms with Crippen LogP contribution in [0.2, 0.25) is 6.55 Å². The molecular formula is C11H12ClF3Si. The molecule has 0 amide bonds. The molecule has 2 unspecified atom stereocenters. The Kier molecular flexibility index (Phi) is 4.21. The van der Waals surface area contributed by atoms with Crippen LogP contribution in [0.5, 0.6) is 0 Å². The fourth-order valence-electron chi connectivity index (χ4n) is 1.31. The molecule has 0 saturated heterocycles. The van der Waals surface area contributed by atoms with Crippen molar-refractivity contribution in [2.24, 2.45) is 0 Å². The second-order valence-corrected chi connectivity index (χ2v) is 7.37. The lowest BCUT2D eigenvalue weighted by molar-refractivity contribution is -0.137. The first-order valence-electron chi connectivity index (χ1n) is 4.80. The molecule has 88 valence electrons. The molecule has 1 aromatic carbocycles. The summed E-state index contributed by atoms with van der Waals surface area (Å²) in [6.45, 7) is 5.58. The molecule has 0 bridgehead atoms. The Bertz CT molecular complexity index is 376. The lowest BCUT2D eigenvalue weighted by Gasteiger charge is -2.15. The minimum absolute atomic E-state index is 0.347. The lowest BCUT2D eigenvalue weighted by Crippen LogP contribution is -2.13. The molecule has 0 nitrogen and oxygen atoms in total. The highest BCUT2D eigenvalue weighted by Crippen LogP contribution is 2.32. The van der Waals surface area contributed by atoms with Gasteiger partial charge < -0.3 is 0 Å². The first-order chi connectivity index (χ1) is 7.36. The minimum Gasteiger partial charge on any atom is -0.166 e. The van der Waals surface area contributed by atoms with Crippen molar-refractivity contribution < 1.29 is 13.2 Å². The number of alkyl halides is 4. The van der Waals surface area contributed by atoms with Gasteiger partial charge in [0.05, 0.1) is 19.4 Å². The average molecular weight is 265 g/mol. The van der Waals surface area contributed by atoms with Crippen LogP contribution < -0.4 is 0 Å². The third-order valence-electron chi connectivity index (χ3n) is 2.37. The zero-order valence-electron chi connectivity index (χ0n) is 8.76. The molecule has 0 aliphatic rings. The molecule has 0 radical (unpaired) electrons. The molecule has 0 fully saturated rings. The summed E-state index contributed by atoms with van der Waals surface area (Å²) in [5.74, 6) is 0. The minimum atomic E-state index is -4.31. The van der Waals surface area contributed by atoms with Gasteiger partial charge in [0.15, 0.2) is 0 Å². The monoisotopic (exact) mass is 264 g/mol. The molecule has 0 heterocycles. The SMILES string of the molecule is C=C[SiH](C)C(Cl)c1cccc(C(F)(F)F)c1. The van der Waals surface area contributed by atoms with Crippen LogP contribution in [0.1, 0.15) is 16.1 Å². The van der Waals surface area contributed by atoms with Gasteiger partial charge in [-0.3, -0.25) is 0 Å². The van der Waals surface area contributed by atoms with E-state index in [9.17, 15) is 13.2 Å². The molecule has 0 aliphatic carbocycles. The zero-order chi connectivity index (χ0) is 12.3. The standard InChI is InChI=1S/C11H12ClF3Si/c1-3-16(2)10(12)8-5-4-6-9(7-8)11(13,14)15/h3-7,10,16H,1H2,2H3. The van der Waals surface area contributed by atoms with Gasteiger partial charge in [-0.2, -0.15) is 13.2 Å². The molecule has 0 N–H and O–H groups in total. The van der Waals surface area contributed by atoms with Gasteiger partial charge in [-0.05, 0) is 11.6 Å². The fraction of sp³-hybridized carbons (Fsp3) is 0.273. The van der Waals surface area contributed by atoms with Gasteiger partial charge in [0.2, 0.25) is 0 Å². The lowest BCUT2D eigenvalue weighted by atomic mass is 10.1.